The highest BCUT2D eigenvalue weighted by molar-refractivity contribution is 5.14. The molecule has 0 amide bonds. The minimum atomic E-state index is -0.323. The highest BCUT2D eigenvalue weighted by Crippen LogP contribution is 2.12. The number of hydrogen-bond acceptors (Lipinski definition) is 4. The van der Waals surface area contributed by atoms with E-state index in [9.17, 15) is 4.39 Å². The highest BCUT2D eigenvalue weighted by Gasteiger charge is 2.06. The Bertz CT molecular complexity index is 513. The molecule has 4 nitrogen and oxygen atoms in total. The van der Waals surface area contributed by atoms with Crippen LogP contribution in [0.4, 0.5) is 4.39 Å². The Balaban J connectivity index is 1.96. The lowest BCUT2D eigenvalue weighted by Gasteiger charge is -2.13. The lowest BCUT2D eigenvalue weighted by molar-refractivity contribution is 0.554. The molecule has 18 heavy (non-hydrogen) atoms. The van der Waals surface area contributed by atoms with Gasteiger partial charge in [0.15, 0.2) is 0 Å². The summed E-state index contributed by atoms with van der Waals surface area (Å²) < 4.78 is 13.0. The molecule has 0 aliphatic rings. The van der Waals surface area contributed by atoms with E-state index in [1.807, 2.05) is 13.8 Å². The Morgan fingerprint density at radius 1 is 1.22 bits per heavy atom. The molecule has 2 aromatic heterocycles. The van der Waals surface area contributed by atoms with E-state index in [0.29, 0.717) is 6.54 Å². The zero-order valence-electron chi connectivity index (χ0n) is 10.4. The number of halogens is 1. The number of nitrogens with one attached hydrogen (secondary N) is 1. The second kappa shape index (κ2) is 5.64. The van der Waals surface area contributed by atoms with Crippen LogP contribution >= 0.6 is 0 Å². The summed E-state index contributed by atoms with van der Waals surface area (Å²) >= 11 is 0. The van der Waals surface area contributed by atoms with Gasteiger partial charge in [0, 0.05) is 31.2 Å². The topological polar surface area (TPSA) is 50.7 Å². The van der Waals surface area contributed by atoms with Gasteiger partial charge in [-0.3, -0.25) is 15.0 Å². The molecule has 2 rings (SSSR count). The summed E-state index contributed by atoms with van der Waals surface area (Å²) in [6.45, 7) is 4.44. The smallest absolute Gasteiger partial charge is 0.141 e. The standard InChI is InChI=1S/C13H15FN4/c1-9-4-18-13(7-16-9)8-17-10(2)11-3-12(14)6-15-5-11/h3-7,10,17H,8H2,1-2H3. The lowest BCUT2D eigenvalue weighted by atomic mass is 10.1. The first-order valence-electron chi connectivity index (χ1n) is 5.76. The maximum Gasteiger partial charge on any atom is 0.141 e. The van der Waals surface area contributed by atoms with Crippen molar-refractivity contribution in [3.8, 4) is 0 Å². The number of rotatable bonds is 4. The number of aryl methyl sites for hydroxylation is 1. The highest BCUT2D eigenvalue weighted by atomic mass is 19.1. The van der Waals surface area contributed by atoms with Crippen LogP contribution in [0.25, 0.3) is 0 Å². The molecule has 2 aromatic rings. The van der Waals surface area contributed by atoms with Crippen molar-refractivity contribution in [1.29, 1.82) is 0 Å². The summed E-state index contributed by atoms with van der Waals surface area (Å²) in [5.41, 5.74) is 2.56. The fourth-order valence-corrected chi connectivity index (χ4v) is 1.55. The van der Waals surface area contributed by atoms with E-state index in [1.54, 1.807) is 18.6 Å². The van der Waals surface area contributed by atoms with E-state index < -0.39 is 0 Å². The number of pyridine rings is 1. The van der Waals surface area contributed by atoms with Gasteiger partial charge in [0.1, 0.15) is 5.82 Å². The summed E-state index contributed by atoms with van der Waals surface area (Å²) in [5.74, 6) is -0.323. The van der Waals surface area contributed by atoms with Crippen molar-refractivity contribution in [1.82, 2.24) is 20.3 Å². The molecule has 1 unspecified atom stereocenters. The Kier molecular flexibility index (Phi) is 3.94. The molecule has 0 aliphatic carbocycles. The Labute approximate surface area is 105 Å². The normalized spacial score (nSPS) is 12.4. The summed E-state index contributed by atoms with van der Waals surface area (Å²) in [5, 5.41) is 3.25. The molecule has 5 heteroatoms. The summed E-state index contributed by atoms with van der Waals surface area (Å²) in [6, 6.07) is 1.49. The molecule has 0 aromatic carbocycles. The van der Waals surface area contributed by atoms with Crippen LogP contribution in [-0.4, -0.2) is 15.0 Å². The van der Waals surface area contributed by atoms with Gasteiger partial charge in [0.2, 0.25) is 0 Å². The molecule has 0 saturated carbocycles. The summed E-state index contributed by atoms with van der Waals surface area (Å²) in [6.07, 6.45) is 6.31. The second-order valence-electron chi connectivity index (χ2n) is 4.19. The van der Waals surface area contributed by atoms with Crippen LogP contribution in [-0.2, 0) is 6.54 Å². The van der Waals surface area contributed by atoms with Crippen molar-refractivity contribution in [3.05, 3.63) is 53.6 Å². The zero-order chi connectivity index (χ0) is 13.0. The quantitative estimate of drug-likeness (QED) is 0.898. The molecule has 1 atom stereocenters. The van der Waals surface area contributed by atoms with E-state index in [1.165, 1.54) is 12.3 Å². The van der Waals surface area contributed by atoms with E-state index in [4.69, 9.17) is 0 Å². The van der Waals surface area contributed by atoms with Crippen LogP contribution in [0.1, 0.15) is 29.9 Å². The molecule has 2 heterocycles. The van der Waals surface area contributed by atoms with Crippen molar-refractivity contribution in [2.24, 2.45) is 0 Å². The largest absolute Gasteiger partial charge is 0.304 e. The average molecular weight is 246 g/mol. The summed E-state index contributed by atoms with van der Waals surface area (Å²) in [7, 11) is 0. The minimum Gasteiger partial charge on any atom is -0.304 e. The van der Waals surface area contributed by atoms with Crippen LogP contribution < -0.4 is 5.32 Å². The van der Waals surface area contributed by atoms with Gasteiger partial charge < -0.3 is 5.32 Å². The third-order valence-electron chi connectivity index (χ3n) is 2.65. The van der Waals surface area contributed by atoms with Gasteiger partial charge in [0.25, 0.3) is 0 Å². The van der Waals surface area contributed by atoms with Gasteiger partial charge in [-0.1, -0.05) is 0 Å². The second-order valence-corrected chi connectivity index (χ2v) is 4.19. The molecular weight excluding hydrogens is 231 g/mol. The molecule has 0 saturated heterocycles. The third-order valence-corrected chi connectivity index (χ3v) is 2.65. The van der Waals surface area contributed by atoms with E-state index >= 15 is 0 Å². The number of nitrogens with zero attached hydrogens (tertiary/aromatic N) is 3. The van der Waals surface area contributed by atoms with E-state index in [2.05, 4.69) is 20.3 Å². The maximum atomic E-state index is 13.0. The van der Waals surface area contributed by atoms with Crippen LogP contribution in [0.2, 0.25) is 0 Å². The maximum absolute atomic E-state index is 13.0. The van der Waals surface area contributed by atoms with Crippen molar-refractivity contribution >= 4 is 0 Å². The first kappa shape index (κ1) is 12.6. The van der Waals surface area contributed by atoms with Crippen LogP contribution in [0.5, 0.6) is 0 Å². The first-order chi connectivity index (χ1) is 8.65. The average Bonchev–Trinajstić information content (AvgIpc) is 2.38. The minimum absolute atomic E-state index is 0.0105. The van der Waals surface area contributed by atoms with E-state index in [-0.39, 0.29) is 11.9 Å². The van der Waals surface area contributed by atoms with Crippen molar-refractivity contribution in [3.63, 3.8) is 0 Å². The molecule has 0 radical (unpaired) electrons. The van der Waals surface area contributed by atoms with Crippen molar-refractivity contribution in [2.75, 3.05) is 0 Å². The fraction of sp³-hybridized carbons (Fsp3) is 0.308. The molecule has 1 N–H and O–H groups in total. The van der Waals surface area contributed by atoms with Gasteiger partial charge in [0.05, 0.1) is 17.6 Å². The number of hydrogen-bond donors (Lipinski definition) is 1. The first-order valence-corrected chi connectivity index (χ1v) is 5.76. The molecule has 0 bridgehead atoms. The van der Waals surface area contributed by atoms with Crippen molar-refractivity contribution in [2.45, 2.75) is 26.4 Å². The van der Waals surface area contributed by atoms with Gasteiger partial charge in [-0.25, -0.2) is 4.39 Å². The Hall–Kier alpha value is -1.88. The van der Waals surface area contributed by atoms with E-state index in [0.717, 1.165) is 17.0 Å². The Morgan fingerprint density at radius 3 is 2.72 bits per heavy atom. The van der Waals surface area contributed by atoms with Gasteiger partial charge in [-0.2, -0.15) is 0 Å². The van der Waals surface area contributed by atoms with Crippen molar-refractivity contribution < 1.29 is 4.39 Å². The van der Waals surface area contributed by atoms with Crippen LogP contribution in [0.3, 0.4) is 0 Å². The van der Waals surface area contributed by atoms with Crippen LogP contribution in [0.15, 0.2) is 30.9 Å². The van der Waals surface area contributed by atoms with Crippen LogP contribution in [0, 0.1) is 12.7 Å². The lowest BCUT2D eigenvalue weighted by Crippen LogP contribution is -2.19. The number of aromatic nitrogens is 3. The molecule has 94 valence electrons. The monoisotopic (exact) mass is 246 g/mol. The van der Waals surface area contributed by atoms with Gasteiger partial charge >= 0.3 is 0 Å². The molecular formula is C13H15FN4. The van der Waals surface area contributed by atoms with Gasteiger partial charge in [-0.15, -0.1) is 0 Å². The van der Waals surface area contributed by atoms with Gasteiger partial charge in [-0.05, 0) is 25.5 Å². The predicted octanol–water partition coefficient (Wildman–Crippen LogP) is 2.17. The third kappa shape index (κ3) is 3.30. The predicted molar refractivity (Wildman–Crippen MR) is 66.2 cm³/mol. The molecule has 0 aliphatic heterocycles. The zero-order valence-corrected chi connectivity index (χ0v) is 10.4. The molecule has 0 spiro atoms. The Morgan fingerprint density at radius 2 is 2.06 bits per heavy atom. The SMILES string of the molecule is Cc1cnc(CNC(C)c2cncc(F)c2)cn1. The molecule has 0 fully saturated rings. The fourth-order valence-electron chi connectivity index (χ4n) is 1.55. The summed E-state index contributed by atoms with van der Waals surface area (Å²) in [4.78, 5) is 12.2.